The largest absolute Gasteiger partial charge is 0.326 e. The number of hydrogen-bond acceptors (Lipinski definition) is 4. The summed E-state index contributed by atoms with van der Waals surface area (Å²) in [6.07, 6.45) is 0.113. The van der Waals surface area contributed by atoms with E-state index in [1.165, 1.54) is 37.3 Å². The Labute approximate surface area is 143 Å². The molecule has 0 unspecified atom stereocenters. The SMILES string of the molecule is CC(=O)Nc1cc(NS(=O)(=O)c2ccc3c(c2)CC(=O)N3)ccc1F. The van der Waals surface area contributed by atoms with Crippen molar-refractivity contribution in [2.45, 2.75) is 18.2 Å². The standard InChI is InChI=1S/C16H14FN3O4S/c1-9(21)18-15-8-11(2-4-13(15)17)20-25(23,24)12-3-5-14-10(6-12)7-16(22)19-14/h2-6,8,20H,7H2,1H3,(H,18,21)(H,19,22). The minimum Gasteiger partial charge on any atom is -0.326 e. The Morgan fingerprint density at radius 2 is 1.96 bits per heavy atom. The molecule has 2 aromatic rings. The topological polar surface area (TPSA) is 104 Å². The van der Waals surface area contributed by atoms with E-state index in [1.807, 2.05) is 0 Å². The normalized spacial score (nSPS) is 13.1. The average Bonchev–Trinajstić information content (AvgIpc) is 2.89. The van der Waals surface area contributed by atoms with Crippen molar-refractivity contribution >= 4 is 38.9 Å². The van der Waals surface area contributed by atoms with E-state index in [4.69, 9.17) is 0 Å². The summed E-state index contributed by atoms with van der Waals surface area (Å²) in [6.45, 7) is 1.22. The molecule has 0 spiro atoms. The van der Waals surface area contributed by atoms with Gasteiger partial charge in [0.05, 0.1) is 22.7 Å². The summed E-state index contributed by atoms with van der Waals surface area (Å²) in [5.74, 6) is -1.36. The lowest BCUT2D eigenvalue weighted by Crippen LogP contribution is -2.14. The van der Waals surface area contributed by atoms with Gasteiger partial charge in [-0.1, -0.05) is 0 Å². The van der Waals surface area contributed by atoms with E-state index in [1.54, 1.807) is 0 Å². The maximum Gasteiger partial charge on any atom is 0.261 e. The molecular formula is C16H14FN3O4S. The highest BCUT2D eigenvalue weighted by atomic mass is 32.2. The van der Waals surface area contributed by atoms with Gasteiger partial charge in [-0.05, 0) is 42.0 Å². The number of nitrogens with one attached hydrogen (secondary N) is 3. The fourth-order valence-electron chi connectivity index (χ4n) is 2.46. The summed E-state index contributed by atoms with van der Waals surface area (Å²) in [6, 6.07) is 7.78. The predicted octanol–water partition coefficient (Wildman–Crippen LogP) is 2.08. The molecular weight excluding hydrogens is 349 g/mol. The van der Waals surface area contributed by atoms with Crippen LogP contribution >= 0.6 is 0 Å². The second kappa shape index (κ2) is 6.17. The van der Waals surface area contributed by atoms with Gasteiger partial charge in [-0.2, -0.15) is 0 Å². The first kappa shape index (κ1) is 16.9. The number of amides is 2. The average molecular weight is 363 g/mol. The minimum atomic E-state index is -3.93. The zero-order valence-electron chi connectivity index (χ0n) is 13.1. The third-order valence-corrected chi connectivity index (χ3v) is 4.92. The summed E-state index contributed by atoms with van der Waals surface area (Å²) < 4.78 is 41.0. The molecule has 3 rings (SSSR count). The molecule has 0 aliphatic carbocycles. The third kappa shape index (κ3) is 3.61. The van der Waals surface area contributed by atoms with Crippen molar-refractivity contribution in [2.24, 2.45) is 0 Å². The minimum absolute atomic E-state index is 0.0202. The quantitative estimate of drug-likeness (QED) is 0.773. The number of sulfonamides is 1. The van der Waals surface area contributed by atoms with Crippen LogP contribution in [-0.4, -0.2) is 20.2 Å². The van der Waals surface area contributed by atoms with Crippen molar-refractivity contribution < 1.29 is 22.4 Å². The molecule has 2 amide bonds. The summed E-state index contributed by atoms with van der Waals surface area (Å²) in [5, 5.41) is 4.90. The van der Waals surface area contributed by atoms with Gasteiger partial charge in [-0.3, -0.25) is 14.3 Å². The molecule has 0 radical (unpaired) electrons. The first-order valence-corrected chi connectivity index (χ1v) is 8.76. The van der Waals surface area contributed by atoms with E-state index in [-0.39, 0.29) is 28.6 Å². The fourth-order valence-corrected chi connectivity index (χ4v) is 3.56. The number of benzene rings is 2. The van der Waals surface area contributed by atoms with Gasteiger partial charge < -0.3 is 10.6 Å². The number of carbonyl (C=O) groups is 2. The zero-order chi connectivity index (χ0) is 18.2. The van der Waals surface area contributed by atoms with Crippen molar-refractivity contribution in [3.63, 3.8) is 0 Å². The van der Waals surface area contributed by atoms with Crippen LogP contribution in [0.25, 0.3) is 0 Å². The van der Waals surface area contributed by atoms with E-state index in [0.29, 0.717) is 11.3 Å². The Hall–Kier alpha value is -2.94. The predicted molar refractivity (Wildman–Crippen MR) is 90.3 cm³/mol. The second-order valence-corrected chi connectivity index (χ2v) is 7.21. The third-order valence-electron chi connectivity index (χ3n) is 3.54. The van der Waals surface area contributed by atoms with Crippen molar-refractivity contribution in [1.29, 1.82) is 0 Å². The molecule has 25 heavy (non-hydrogen) atoms. The molecule has 0 saturated carbocycles. The van der Waals surface area contributed by atoms with Crippen LogP contribution in [0.1, 0.15) is 12.5 Å². The zero-order valence-corrected chi connectivity index (χ0v) is 13.9. The van der Waals surface area contributed by atoms with E-state index in [0.717, 1.165) is 6.07 Å². The smallest absolute Gasteiger partial charge is 0.261 e. The molecule has 2 aromatic carbocycles. The van der Waals surface area contributed by atoms with Crippen LogP contribution in [-0.2, 0) is 26.0 Å². The van der Waals surface area contributed by atoms with Crippen LogP contribution in [0.5, 0.6) is 0 Å². The Bertz CT molecular complexity index is 989. The lowest BCUT2D eigenvalue weighted by Gasteiger charge is -2.11. The van der Waals surface area contributed by atoms with Crippen molar-refractivity contribution in [1.82, 2.24) is 0 Å². The highest BCUT2D eigenvalue weighted by Crippen LogP contribution is 2.27. The van der Waals surface area contributed by atoms with Crippen LogP contribution in [0.3, 0.4) is 0 Å². The van der Waals surface area contributed by atoms with Crippen molar-refractivity contribution in [2.75, 3.05) is 15.4 Å². The monoisotopic (exact) mass is 363 g/mol. The fraction of sp³-hybridized carbons (Fsp3) is 0.125. The molecule has 0 aromatic heterocycles. The number of rotatable bonds is 4. The van der Waals surface area contributed by atoms with Crippen molar-refractivity contribution in [3.05, 3.63) is 47.8 Å². The molecule has 0 atom stereocenters. The number of fused-ring (bicyclic) bond motifs is 1. The Morgan fingerprint density at radius 1 is 1.20 bits per heavy atom. The lowest BCUT2D eigenvalue weighted by molar-refractivity contribution is -0.115. The summed E-state index contributed by atoms with van der Waals surface area (Å²) in [5.41, 5.74) is 1.14. The van der Waals surface area contributed by atoms with Crippen LogP contribution < -0.4 is 15.4 Å². The molecule has 1 aliphatic heterocycles. The molecule has 0 bridgehead atoms. The molecule has 130 valence electrons. The molecule has 9 heteroatoms. The van der Waals surface area contributed by atoms with Gasteiger partial charge in [0.15, 0.2) is 0 Å². The Morgan fingerprint density at radius 3 is 2.68 bits per heavy atom. The van der Waals surface area contributed by atoms with E-state index in [9.17, 15) is 22.4 Å². The molecule has 1 aliphatic rings. The van der Waals surface area contributed by atoms with Gasteiger partial charge in [-0.15, -0.1) is 0 Å². The Balaban J connectivity index is 1.88. The number of carbonyl (C=O) groups excluding carboxylic acids is 2. The van der Waals surface area contributed by atoms with Gasteiger partial charge in [0.2, 0.25) is 11.8 Å². The summed E-state index contributed by atoms with van der Waals surface area (Å²) in [4.78, 5) is 22.4. The summed E-state index contributed by atoms with van der Waals surface area (Å²) in [7, 11) is -3.93. The molecule has 3 N–H and O–H groups in total. The van der Waals surface area contributed by atoms with E-state index >= 15 is 0 Å². The van der Waals surface area contributed by atoms with Crippen LogP contribution in [0.15, 0.2) is 41.3 Å². The summed E-state index contributed by atoms with van der Waals surface area (Å²) >= 11 is 0. The first-order valence-electron chi connectivity index (χ1n) is 7.27. The van der Waals surface area contributed by atoms with Gasteiger partial charge >= 0.3 is 0 Å². The molecule has 0 saturated heterocycles. The number of halogens is 1. The van der Waals surface area contributed by atoms with Gasteiger partial charge in [0.25, 0.3) is 10.0 Å². The Kier molecular flexibility index (Phi) is 4.17. The number of hydrogen-bond donors (Lipinski definition) is 3. The molecule has 7 nitrogen and oxygen atoms in total. The first-order chi connectivity index (χ1) is 11.7. The maximum atomic E-state index is 13.6. The van der Waals surface area contributed by atoms with Crippen LogP contribution in [0, 0.1) is 5.82 Å². The molecule has 0 fully saturated rings. The number of anilines is 3. The van der Waals surface area contributed by atoms with Crippen LogP contribution in [0.4, 0.5) is 21.5 Å². The van der Waals surface area contributed by atoms with Gasteiger partial charge in [0, 0.05) is 12.6 Å². The van der Waals surface area contributed by atoms with E-state index < -0.39 is 21.7 Å². The van der Waals surface area contributed by atoms with E-state index in [2.05, 4.69) is 15.4 Å². The maximum absolute atomic E-state index is 13.6. The molecule has 1 heterocycles. The van der Waals surface area contributed by atoms with Crippen molar-refractivity contribution in [3.8, 4) is 0 Å². The lowest BCUT2D eigenvalue weighted by atomic mass is 10.2. The highest BCUT2D eigenvalue weighted by molar-refractivity contribution is 7.92. The van der Waals surface area contributed by atoms with Gasteiger partial charge in [0.1, 0.15) is 5.82 Å². The van der Waals surface area contributed by atoms with Gasteiger partial charge in [-0.25, -0.2) is 12.8 Å². The van der Waals surface area contributed by atoms with Crippen LogP contribution in [0.2, 0.25) is 0 Å². The highest BCUT2D eigenvalue weighted by Gasteiger charge is 2.22. The second-order valence-electron chi connectivity index (χ2n) is 5.53.